The van der Waals surface area contributed by atoms with Gasteiger partial charge >= 0.3 is 0 Å². The fourth-order valence-electron chi connectivity index (χ4n) is 5.31. The Hall–Kier alpha value is -3.13. The highest BCUT2D eigenvalue weighted by atomic mass is 35.5. The molecule has 0 amide bonds. The summed E-state index contributed by atoms with van der Waals surface area (Å²) in [5.74, 6) is 6.70. The lowest BCUT2D eigenvalue weighted by Gasteiger charge is -2.29. The van der Waals surface area contributed by atoms with Gasteiger partial charge in [0.25, 0.3) is 0 Å². The summed E-state index contributed by atoms with van der Waals surface area (Å²) >= 11 is 6.42. The molecule has 5 rings (SSSR count). The molecule has 1 aliphatic rings. The van der Waals surface area contributed by atoms with Gasteiger partial charge in [-0.15, -0.1) is 0 Å². The van der Waals surface area contributed by atoms with Crippen molar-refractivity contribution < 1.29 is 4.74 Å². The van der Waals surface area contributed by atoms with Crippen LogP contribution in [0.15, 0.2) is 60.6 Å². The molecular weight excluding hydrogens is 460 g/mol. The number of hydrazine groups is 1. The second-order valence-corrected chi connectivity index (χ2v) is 9.73. The molecule has 1 atom stereocenters. The Bertz CT molecular complexity index is 1370. The third-order valence-corrected chi connectivity index (χ3v) is 7.09. The van der Waals surface area contributed by atoms with Gasteiger partial charge in [0.05, 0.1) is 28.3 Å². The Labute approximate surface area is 210 Å². The zero-order valence-corrected chi connectivity index (χ0v) is 20.9. The Kier molecular flexibility index (Phi) is 6.65. The van der Waals surface area contributed by atoms with Crippen molar-refractivity contribution in [3.8, 4) is 0 Å². The summed E-state index contributed by atoms with van der Waals surface area (Å²) in [5, 5.41) is 2.97. The van der Waals surface area contributed by atoms with E-state index < -0.39 is 0 Å². The topological polar surface area (TPSA) is 95.2 Å². The molecule has 4 heterocycles. The molecule has 1 saturated heterocycles. The minimum atomic E-state index is 0.0943. The highest BCUT2D eigenvalue weighted by molar-refractivity contribution is 6.30. The summed E-state index contributed by atoms with van der Waals surface area (Å²) in [6.07, 6.45) is 6.75. The van der Waals surface area contributed by atoms with Gasteiger partial charge in [-0.2, -0.15) is 0 Å². The molecule has 0 spiro atoms. The molecule has 35 heavy (non-hydrogen) atoms. The molecule has 1 aromatic carbocycles. The van der Waals surface area contributed by atoms with E-state index in [0.29, 0.717) is 16.8 Å². The fraction of sp³-hybridized carbons (Fsp3) is 0.333. The molecule has 7 nitrogen and oxygen atoms in total. The maximum absolute atomic E-state index is 6.42. The second-order valence-electron chi connectivity index (χ2n) is 9.35. The van der Waals surface area contributed by atoms with Crippen LogP contribution in [-0.4, -0.2) is 39.8 Å². The normalized spacial score (nSPS) is 16.5. The molecule has 1 fully saturated rings. The van der Waals surface area contributed by atoms with E-state index >= 15 is 0 Å². The van der Waals surface area contributed by atoms with Crippen LogP contribution in [0.2, 0.25) is 5.15 Å². The Balaban J connectivity index is 1.78. The molecule has 1 aliphatic heterocycles. The number of nitrogens with two attached hydrogens (primary N) is 2. The number of benzene rings is 1. The standard InChI is InChI=1S/C27H31ClN6O/c1-17(29)27(33(2)30)20-13-24-26(32-15-20)21-16-31-25(28)14-23(21)34(24)22(19-6-4-3-5-7-19)12-18-8-10-35-11-9-18/h3-7,13-16,18,22H,8-12,29-30H2,1-2H3/b27-17-. The van der Waals surface area contributed by atoms with E-state index in [2.05, 4.69) is 45.9 Å². The van der Waals surface area contributed by atoms with Gasteiger partial charge < -0.3 is 20.0 Å². The SMILES string of the molecule is C/C(N)=C(\c1cnc2c3cnc(Cl)cc3n(C(CC3CCOCC3)c3ccccc3)c2c1)N(C)N. The monoisotopic (exact) mass is 490 g/mol. The molecular formula is C27H31ClN6O. The van der Waals surface area contributed by atoms with E-state index in [-0.39, 0.29) is 6.04 Å². The Morgan fingerprint density at radius 2 is 1.89 bits per heavy atom. The van der Waals surface area contributed by atoms with Crippen LogP contribution in [0, 0.1) is 5.92 Å². The fourth-order valence-corrected chi connectivity index (χ4v) is 5.47. The van der Waals surface area contributed by atoms with Crippen LogP contribution < -0.4 is 11.6 Å². The lowest BCUT2D eigenvalue weighted by molar-refractivity contribution is 0.0610. The van der Waals surface area contributed by atoms with Gasteiger partial charge in [-0.25, -0.2) is 10.8 Å². The van der Waals surface area contributed by atoms with E-state index in [1.807, 2.05) is 25.4 Å². The van der Waals surface area contributed by atoms with Crippen LogP contribution in [0.4, 0.5) is 0 Å². The molecule has 3 aromatic heterocycles. The first-order valence-corrected chi connectivity index (χ1v) is 12.3. The van der Waals surface area contributed by atoms with E-state index in [1.54, 1.807) is 12.1 Å². The van der Waals surface area contributed by atoms with Crippen molar-refractivity contribution in [2.45, 2.75) is 32.2 Å². The van der Waals surface area contributed by atoms with Gasteiger partial charge in [-0.05, 0) is 49.8 Å². The number of pyridine rings is 2. The minimum Gasteiger partial charge on any atom is -0.401 e. The maximum atomic E-state index is 6.42. The molecule has 182 valence electrons. The highest BCUT2D eigenvalue weighted by Crippen LogP contribution is 2.39. The Morgan fingerprint density at radius 1 is 1.14 bits per heavy atom. The molecule has 1 unspecified atom stereocenters. The average molecular weight is 491 g/mol. The van der Waals surface area contributed by atoms with Gasteiger partial charge in [-0.3, -0.25) is 4.98 Å². The lowest BCUT2D eigenvalue weighted by atomic mass is 9.89. The summed E-state index contributed by atoms with van der Waals surface area (Å²) in [4.78, 5) is 9.24. The largest absolute Gasteiger partial charge is 0.401 e. The maximum Gasteiger partial charge on any atom is 0.131 e. The van der Waals surface area contributed by atoms with Crippen molar-refractivity contribution in [1.82, 2.24) is 19.5 Å². The van der Waals surface area contributed by atoms with Gasteiger partial charge in [-0.1, -0.05) is 41.9 Å². The number of rotatable bonds is 6. The second kappa shape index (κ2) is 9.85. The predicted molar refractivity (Wildman–Crippen MR) is 142 cm³/mol. The summed E-state index contributed by atoms with van der Waals surface area (Å²) in [7, 11) is 1.78. The van der Waals surface area contributed by atoms with Crippen molar-refractivity contribution in [2.75, 3.05) is 20.3 Å². The van der Waals surface area contributed by atoms with Crippen molar-refractivity contribution in [1.29, 1.82) is 0 Å². The number of halogens is 1. The minimum absolute atomic E-state index is 0.0943. The van der Waals surface area contributed by atoms with Gasteiger partial charge in [0.1, 0.15) is 5.15 Å². The van der Waals surface area contributed by atoms with Crippen LogP contribution >= 0.6 is 11.6 Å². The highest BCUT2D eigenvalue weighted by Gasteiger charge is 2.26. The third-order valence-electron chi connectivity index (χ3n) is 6.88. The first-order chi connectivity index (χ1) is 16.9. The summed E-state index contributed by atoms with van der Waals surface area (Å²) < 4.78 is 8.02. The molecule has 0 bridgehead atoms. The van der Waals surface area contributed by atoms with E-state index in [4.69, 9.17) is 32.9 Å². The summed E-state index contributed by atoms with van der Waals surface area (Å²) in [6.45, 7) is 3.47. The van der Waals surface area contributed by atoms with Crippen molar-refractivity contribution in [3.05, 3.63) is 76.8 Å². The number of nitrogens with zero attached hydrogens (tertiary/aromatic N) is 4. The first kappa shape index (κ1) is 23.6. The van der Waals surface area contributed by atoms with Crippen LogP contribution in [-0.2, 0) is 4.74 Å². The summed E-state index contributed by atoms with van der Waals surface area (Å²) in [6, 6.07) is 14.8. The number of hydrogen-bond donors (Lipinski definition) is 2. The zero-order chi connectivity index (χ0) is 24.5. The lowest BCUT2D eigenvalue weighted by Crippen LogP contribution is -2.26. The van der Waals surface area contributed by atoms with Crippen LogP contribution in [0.1, 0.15) is 43.4 Å². The van der Waals surface area contributed by atoms with Gasteiger partial charge in [0, 0.05) is 49.3 Å². The number of ether oxygens (including phenoxy) is 1. The van der Waals surface area contributed by atoms with Crippen molar-refractivity contribution >= 4 is 39.2 Å². The molecule has 0 saturated carbocycles. The van der Waals surface area contributed by atoms with Crippen LogP contribution in [0.5, 0.6) is 0 Å². The van der Waals surface area contributed by atoms with Crippen molar-refractivity contribution in [2.24, 2.45) is 17.5 Å². The van der Waals surface area contributed by atoms with Crippen LogP contribution in [0.25, 0.3) is 27.6 Å². The van der Waals surface area contributed by atoms with E-state index in [0.717, 1.165) is 65.7 Å². The average Bonchev–Trinajstić information content (AvgIpc) is 3.16. The number of allylic oxidation sites excluding steroid dienone is 1. The first-order valence-electron chi connectivity index (χ1n) is 12.0. The number of fused-ring (bicyclic) bond motifs is 3. The third kappa shape index (κ3) is 4.59. The van der Waals surface area contributed by atoms with Crippen molar-refractivity contribution in [3.63, 3.8) is 0 Å². The predicted octanol–water partition coefficient (Wildman–Crippen LogP) is 5.10. The zero-order valence-electron chi connectivity index (χ0n) is 20.1. The van der Waals surface area contributed by atoms with Gasteiger partial charge in [0.2, 0.25) is 0 Å². The van der Waals surface area contributed by atoms with E-state index in [1.165, 1.54) is 5.56 Å². The molecule has 0 aliphatic carbocycles. The number of aromatic nitrogens is 3. The number of hydrogen-bond acceptors (Lipinski definition) is 6. The Morgan fingerprint density at radius 3 is 2.57 bits per heavy atom. The molecule has 0 radical (unpaired) electrons. The smallest absolute Gasteiger partial charge is 0.131 e. The molecule has 8 heteroatoms. The van der Waals surface area contributed by atoms with E-state index in [9.17, 15) is 0 Å². The molecule has 4 aromatic rings. The summed E-state index contributed by atoms with van der Waals surface area (Å²) in [5.41, 5.74) is 12.6. The van der Waals surface area contributed by atoms with Gasteiger partial charge in [0.15, 0.2) is 0 Å². The quantitative estimate of drug-likeness (QED) is 0.222. The van der Waals surface area contributed by atoms with Crippen LogP contribution in [0.3, 0.4) is 0 Å². The molecule has 4 N–H and O–H groups in total.